The molecule has 0 saturated heterocycles. The minimum atomic E-state index is -4.54. The fourth-order valence-corrected chi connectivity index (χ4v) is 1.66. The largest absolute Gasteiger partial charge is 0.433 e. The number of rotatable bonds is 4. The van der Waals surface area contributed by atoms with Gasteiger partial charge in [0.2, 0.25) is 5.95 Å². The number of hydrogen-bond donors (Lipinski definition) is 0. The van der Waals surface area contributed by atoms with Gasteiger partial charge >= 0.3 is 6.18 Å². The van der Waals surface area contributed by atoms with E-state index in [1.807, 2.05) is 0 Å². The van der Waals surface area contributed by atoms with E-state index >= 15 is 0 Å². The third-order valence-electron chi connectivity index (χ3n) is 2.79. The Morgan fingerprint density at radius 1 is 1.05 bits per heavy atom. The van der Waals surface area contributed by atoms with Crippen LogP contribution in [0.1, 0.15) is 11.5 Å². The molecule has 0 fully saturated rings. The zero-order chi connectivity index (χ0) is 16.3. The van der Waals surface area contributed by atoms with Crippen molar-refractivity contribution >= 4 is 11.8 Å². The molecular weight excluding hydrogens is 297 g/mol. The average molecular weight is 312 g/mol. The second-order valence-electron chi connectivity index (χ2n) is 4.82. The van der Waals surface area contributed by atoms with Gasteiger partial charge < -0.3 is 9.80 Å². The van der Waals surface area contributed by atoms with E-state index in [0.29, 0.717) is 5.82 Å². The molecule has 6 nitrogen and oxygen atoms in total. The lowest BCUT2D eigenvalue weighted by Gasteiger charge is -2.20. The molecule has 0 aromatic carbocycles. The quantitative estimate of drug-likeness (QED) is 0.860. The molecule has 0 aliphatic heterocycles. The molecule has 0 spiro atoms. The van der Waals surface area contributed by atoms with E-state index in [1.165, 1.54) is 9.80 Å². The van der Waals surface area contributed by atoms with Gasteiger partial charge in [-0.15, -0.1) is 0 Å². The predicted octanol–water partition coefficient (Wildman–Crippen LogP) is 1.99. The van der Waals surface area contributed by atoms with Crippen LogP contribution in [0.15, 0.2) is 24.5 Å². The monoisotopic (exact) mass is 312 g/mol. The van der Waals surface area contributed by atoms with Crippen LogP contribution in [0.5, 0.6) is 0 Å². The molecule has 9 heteroatoms. The van der Waals surface area contributed by atoms with Gasteiger partial charge in [-0.25, -0.2) is 15.0 Å². The molecule has 0 amide bonds. The molecule has 22 heavy (non-hydrogen) atoms. The second kappa shape index (κ2) is 6.12. The van der Waals surface area contributed by atoms with Crippen molar-refractivity contribution in [2.45, 2.75) is 12.7 Å². The molecule has 0 saturated carbocycles. The van der Waals surface area contributed by atoms with Gasteiger partial charge in [0, 0.05) is 39.6 Å². The molecule has 118 valence electrons. The van der Waals surface area contributed by atoms with Gasteiger partial charge in [0.25, 0.3) is 0 Å². The Morgan fingerprint density at radius 3 is 2.23 bits per heavy atom. The zero-order valence-electron chi connectivity index (χ0n) is 12.3. The first kappa shape index (κ1) is 15.9. The fourth-order valence-electron chi connectivity index (χ4n) is 1.66. The van der Waals surface area contributed by atoms with Crippen LogP contribution in [0, 0.1) is 0 Å². The van der Waals surface area contributed by atoms with Crippen LogP contribution in [0.3, 0.4) is 0 Å². The maximum atomic E-state index is 12.9. The van der Waals surface area contributed by atoms with E-state index in [-0.39, 0.29) is 18.3 Å². The molecule has 0 bridgehead atoms. The highest BCUT2D eigenvalue weighted by Crippen LogP contribution is 2.30. The average Bonchev–Trinajstić information content (AvgIpc) is 2.46. The normalized spacial score (nSPS) is 11.4. The van der Waals surface area contributed by atoms with E-state index in [0.717, 1.165) is 6.07 Å². The lowest BCUT2D eigenvalue weighted by molar-refractivity contribution is -0.141. The van der Waals surface area contributed by atoms with Gasteiger partial charge in [0.05, 0.1) is 6.54 Å². The molecule has 0 radical (unpaired) electrons. The van der Waals surface area contributed by atoms with Gasteiger partial charge in [-0.05, 0) is 6.07 Å². The number of alkyl halides is 3. The Balaban J connectivity index is 2.34. The van der Waals surface area contributed by atoms with Crippen molar-refractivity contribution in [2.75, 3.05) is 30.9 Å². The SMILES string of the molecule is CN(C)c1cc(C(F)(F)F)nc(N(C)Cc2ncccn2)n1. The van der Waals surface area contributed by atoms with Crippen LogP contribution < -0.4 is 9.80 Å². The molecule has 0 aliphatic carbocycles. The summed E-state index contributed by atoms with van der Waals surface area (Å²) in [6, 6.07) is 2.57. The summed E-state index contributed by atoms with van der Waals surface area (Å²) in [5, 5.41) is 0. The third kappa shape index (κ3) is 3.80. The Kier molecular flexibility index (Phi) is 4.43. The Hall–Kier alpha value is -2.45. The summed E-state index contributed by atoms with van der Waals surface area (Å²) in [5.41, 5.74) is -0.984. The van der Waals surface area contributed by atoms with Crippen LogP contribution in [0.25, 0.3) is 0 Å². The second-order valence-corrected chi connectivity index (χ2v) is 4.82. The molecule has 2 aromatic heterocycles. The van der Waals surface area contributed by atoms with E-state index in [1.54, 1.807) is 39.6 Å². The van der Waals surface area contributed by atoms with Gasteiger partial charge in [0.1, 0.15) is 11.6 Å². The first-order valence-corrected chi connectivity index (χ1v) is 6.38. The molecule has 0 N–H and O–H groups in total. The minimum absolute atomic E-state index is 0.0361. The summed E-state index contributed by atoms with van der Waals surface area (Å²) >= 11 is 0. The van der Waals surface area contributed by atoms with Crippen LogP contribution in [0.2, 0.25) is 0 Å². The topological polar surface area (TPSA) is 58.0 Å². The van der Waals surface area contributed by atoms with E-state index < -0.39 is 11.9 Å². The van der Waals surface area contributed by atoms with Crippen molar-refractivity contribution in [3.05, 3.63) is 36.0 Å². The molecular formula is C13H15F3N6. The Bertz CT molecular complexity index is 629. The first-order valence-electron chi connectivity index (χ1n) is 6.38. The highest BCUT2D eigenvalue weighted by molar-refractivity contribution is 5.45. The van der Waals surface area contributed by atoms with Crippen molar-refractivity contribution in [2.24, 2.45) is 0 Å². The maximum absolute atomic E-state index is 12.9. The summed E-state index contributed by atoms with van der Waals surface area (Å²) in [6.07, 6.45) is -1.41. The number of aromatic nitrogens is 4. The Labute approximate surface area is 125 Å². The van der Waals surface area contributed by atoms with Crippen LogP contribution in [-0.4, -0.2) is 41.1 Å². The van der Waals surface area contributed by atoms with Crippen LogP contribution in [0.4, 0.5) is 24.9 Å². The highest BCUT2D eigenvalue weighted by Gasteiger charge is 2.34. The van der Waals surface area contributed by atoms with Gasteiger partial charge in [0.15, 0.2) is 5.69 Å². The molecule has 2 aromatic rings. The number of anilines is 2. The number of hydrogen-bond acceptors (Lipinski definition) is 6. The Morgan fingerprint density at radius 2 is 1.68 bits per heavy atom. The van der Waals surface area contributed by atoms with Crippen molar-refractivity contribution in [3.63, 3.8) is 0 Å². The zero-order valence-corrected chi connectivity index (χ0v) is 12.3. The predicted molar refractivity (Wildman–Crippen MR) is 75.5 cm³/mol. The van der Waals surface area contributed by atoms with Gasteiger partial charge in [-0.1, -0.05) is 0 Å². The number of halogens is 3. The van der Waals surface area contributed by atoms with Crippen molar-refractivity contribution in [3.8, 4) is 0 Å². The molecule has 0 aliphatic rings. The first-order chi connectivity index (χ1) is 10.3. The van der Waals surface area contributed by atoms with E-state index in [9.17, 15) is 13.2 Å². The molecule has 0 unspecified atom stereocenters. The van der Waals surface area contributed by atoms with Crippen LogP contribution in [-0.2, 0) is 12.7 Å². The van der Waals surface area contributed by atoms with Crippen molar-refractivity contribution in [1.29, 1.82) is 0 Å². The molecule has 2 rings (SSSR count). The summed E-state index contributed by atoms with van der Waals surface area (Å²) in [5.74, 6) is 0.613. The summed E-state index contributed by atoms with van der Waals surface area (Å²) < 4.78 is 38.8. The van der Waals surface area contributed by atoms with Crippen molar-refractivity contribution < 1.29 is 13.2 Å². The molecule has 0 atom stereocenters. The lowest BCUT2D eigenvalue weighted by Crippen LogP contribution is -2.24. The van der Waals surface area contributed by atoms with Crippen molar-refractivity contribution in [1.82, 2.24) is 19.9 Å². The van der Waals surface area contributed by atoms with Gasteiger partial charge in [-0.2, -0.15) is 18.2 Å². The number of nitrogens with zero attached hydrogens (tertiary/aromatic N) is 6. The van der Waals surface area contributed by atoms with Crippen LogP contribution >= 0.6 is 0 Å². The fraction of sp³-hybridized carbons (Fsp3) is 0.385. The lowest BCUT2D eigenvalue weighted by atomic mass is 10.3. The summed E-state index contributed by atoms with van der Waals surface area (Å²) in [7, 11) is 4.82. The highest BCUT2D eigenvalue weighted by atomic mass is 19.4. The smallest absolute Gasteiger partial charge is 0.363 e. The van der Waals surface area contributed by atoms with E-state index in [2.05, 4.69) is 19.9 Å². The van der Waals surface area contributed by atoms with E-state index in [4.69, 9.17) is 0 Å². The van der Waals surface area contributed by atoms with Gasteiger partial charge in [-0.3, -0.25) is 0 Å². The standard InChI is InChI=1S/C13H15F3N6/c1-21(2)11-7-9(13(14,15)16)19-12(20-11)22(3)8-10-17-5-4-6-18-10/h4-7H,8H2,1-3H3. The molecule has 2 heterocycles. The summed E-state index contributed by atoms with van der Waals surface area (Å²) in [4.78, 5) is 18.7. The third-order valence-corrected chi connectivity index (χ3v) is 2.79. The minimum Gasteiger partial charge on any atom is -0.363 e. The summed E-state index contributed by atoms with van der Waals surface area (Å²) in [6.45, 7) is 0.203. The maximum Gasteiger partial charge on any atom is 0.433 e.